The van der Waals surface area contributed by atoms with Gasteiger partial charge in [-0.05, 0) is 51.4 Å². The summed E-state index contributed by atoms with van der Waals surface area (Å²) in [5, 5.41) is 6.34. The minimum Gasteiger partial charge on any atom is -0.370 e. The van der Waals surface area contributed by atoms with Gasteiger partial charge in [0, 0.05) is 32.4 Å². The maximum atomic E-state index is 12.5. The summed E-state index contributed by atoms with van der Waals surface area (Å²) in [6, 6.07) is 8.35. The van der Waals surface area contributed by atoms with E-state index < -0.39 is 5.60 Å². The van der Waals surface area contributed by atoms with Crippen molar-refractivity contribution < 1.29 is 9.53 Å². The van der Waals surface area contributed by atoms with Crippen LogP contribution in [0.25, 0.3) is 0 Å². The molecule has 1 aliphatic rings. The highest BCUT2D eigenvalue weighted by atomic mass is 16.5. The SMILES string of the molecule is CCN(CCNC(=O)C1(OC)CCNCC1)c1ccccc1C. The zero-order chi connectivity index (χ0) is 16.7. The molecule has 1 saturated heterocycles. The van der Waals surface area contributed by atoms with Gasteiger partial charge in [0.2, 0.25) is 0 Å². The van der Waals surface area contributed by atoms with E-state index in [0.29, 0.717) is 6.54 Å². The Bertz CT molecular complexity index is 513. The third-order valence-electron chi connectivity index (χ3n) is 4.72. The summed E-state index contributed by atoms with van der Waals surface area (Å²) in [5.41, 5.74) is 1.82. The summed E-state index contributed by atoms with van der Waals surface area (Å²) in [4.78, 5) is 14.8. The number of para-hydroxylation sites is 1. The maximum Gasteiger partial charge on any atom is 0.252 e. The number of aryl methyl sites for hydroxylation is 1. The van der Waals surface area contributed by atoms with Crippen LogP contribution in [0.1, 0.15) is 25.3 Å². The fourth-order valence-electron chi connectivity index (χ4n) is 3.19. The summed E-state index contributed by atoms with van der Waals surface area (Å²) < 4.78 is 5.56. The number of rotatable bonds is 7. The van der Waals surface area contributed by atoms with Gasteiger partial charge in [-0.15, -0.1) is 0 Å². The van der Waals surface area contributed by atoms with Crippen LogP contribution < -0.4 is 15.5 Å². The smallest absolute Gasteiger partial charge is 0.252 e. The molecule has 128 valence electrons. The molecule has 1 aromatic rings. The molecule has 1 amide bonds. The van der Waals surface area contributed by atoms with Crippen LogP contribution in [0.15, 0.2) is 24.3 Å². The zero-order valence-electron chi connectivity index (χ0n) is 14.5. The van der Waals surface area contributed by atoms with E-state index >= 15 is 0 Å². The van der Waals surface area contributed by atoms with E-state index in [1.807, 2.05) is 6.07 Å². The lowest BCUT2D eigenvalue weighted by molar-refractivity contribution is -0.146. The van der Waals surface area contributed by atoms with Crippen LogP contribution in [-0.4, -0.2) is 51.3 Å². The van der Waals surface area contributed by atoms with Gasteiger partial charge in [-0.2, -0.15) is 0 Å². The van der Waals surface area contributed by atoms with Gasteiger partial charge >= 0.3 is 0 Å². The first-order valence-corrected chi connectivity index (χ1v) is 8.47. The number of piperidine rings is 1. The van der Waals surface area contributed by atoms with Gasteiger partial charge in [-0.25, -0.2) is 0 Å². The first kappa shape index (κ1) is 17.8. The van der Waals surface area contributed by atoms with E-state index in [9.17, 15) is 4.79 Å². The molecule has 1 fully saturated rings. The molecule has 0 aliphatic carbocycles. The number of nitrogens with one attached hydrogen (secondary N) is 2. The van der Waals surface area contributed by atoms with Crippen LogP contribution in [0.4, 0.5) is 5.69 Å². The Balaban J connectivity index is 1.90. The van der Waals surface area contributed by atoms with Gasteiger partial charge in [0.1, 0.15) is 5.60 Å². The average Bonchev–Trinajstić information content (AvgIpc) is 2.60. The quantitative estimate of drug-likeness (QED) is 0.803. The second-order valence-electron chi connectivity index (χ2n) is 6.07. The monoisotopic (exact) mass is 319 g/mol. The van der Waals surface area contributed by atoms with Gasteiger partial charge in [0.25, 0.3) is 5.91 Å². The number of carbonyl (C=O) groups excluding carboxylic acids is 1. The largest absolute Gasteiger partial charge is 0.370 e. The Labute approximate surface area is 139 Å². The molecule has 23 heavy (non-hydrogen) atoms. The lowest BCUT2D eigenvalue weighted by atomic mass is 9.91. The number of ether oxygens (including phenoxy) is 1. The molecule has 1 aromatic carbocycles. The van der Waals surface area contributed by atoms with E-state index in [4.69, 9.17) is 4.74 Å². The van der Waals surface area contributed by atoms with Crippen molar-refractivity contribution in [1.82, 2.24) is 10.6 Å². The molecule has 0 aromatic heterocycles. The predicted molar refractivity (Wildman–Crippen MR) is 93.9 cm³/mol. The second-order valence-corrected chi connectivity index (χ2v) is 6.07. The summed E-state index contributed by atoms with van der Waals surface area (Å²) >= 11 is 0. The lowest BCUT2D eigenvalue weighted by Gasteiger charge is -2.35. The first-order chi connectivity index (χ1) is 11.1. The average molecular weight is 319 g/mol. The van der Waals surface area contributed by atoms with Crippen molar-refractivity contribution in [2.24, 2.45) is 0 Å². The molecule has 0 spiro atoms. The molecule has 0 unspecified atom stereocenters. The summed E-state index contributed by atoms with van der Waals surface area (Å²) in [7, 11) is 1.64. The Morgan fingerprint density at radius 3 is 2.65 bits per heavy atom. The van der Waals surface area contributed by atoms with Gasteiger partial charge in [-0.3, -0.25) is 4.79 Å². The first-order valence-electron chi connectivity index (χ1n) is 8.47. The van der Waals surface area contributed by atoms with E-state index in [2.05, 4.69) is 47.6 Å². The van der Waals surface area contributed by atoms with E-state index in [1.54, 1.807) is 7.11 Å². The molecular formula is C18H29N3O2. The van der Waals surface area contributed by atoms with Crippen LogP contribution in [0.3, 0.4) is 0 Å². The van der Waals surface area contributed by atoms with Crippen LogP contribution in [0.2, 0.25) is 0 Å². The molecule has 0 radical (unpaired) electrons. The van der Waals surface area contributed by atoms with Gasteiger partial charge in [-0.1, -0.05) is 18.2 Å². The van der Waals surface area contributed by atoms with Crippen LogP contribution in [-0.2, 0) is 9.53 Å². The van der Waals surface area contributed by atoms with Crippen LogP contribution >= 0.6 is 0 Å². The predicted octanol–water partition coefficient (Wildman–Crippen LogP) is 1.71. The topological polar surface area (TPSA) is 53.6 Å². The number of benzene rings is 1. The summed E-state index contributed by atoms with van der Waals surface area (Å²) in [5.74, 6) is 0.0161. The minimum absolute atomic E-state index is 0.0161. The number of likely N-dealkylation sites (N-methyl/N-ethyl adjacent to an activating group) is 1. The Morgan fingerprint density at radius 2 is 2.04 bits per heavy atom. The second kappa shape index (κ2) is 8.31. The maximum absolute atomic E-state index is 12.5. The number of amides is 1. The molecule has 0 atom stereocenters. The zero-order valence-corrected chi connectivity index (χ0v) is 14.5. The van der Waals surface area contributed by atoms with Gasteiger partial charge < -0.3 is 20.3 Å². The number of carbonyl (C=O) groups is 1. The highest BCUT2D eigenvalue weighted by Gasteiger charge is 2.39. The molecule has 0 saturated carbocycles. The molecule has 2 N–H and O–H groups in total. The van der Waals surface area contributed by atoms with Gasteiger partial charge in [0.15, 0.2) is 0 Å². The number of nitrogens with zero attached hydrogens (tertiary/aromatic N) is 1. The van der Waals surface area contributed by atoms with E-state index in [0.717, 1.165) is 39.0 Å². The lowest BCUT2D eigenvalue weighted by Crippen LogP contribution is -2.55. The third-order valence-corrected chi connectivity index (χ3v) is 4.72. The number of methoxy groups -OCH3 is 1. The Hall–Kier alpha value is -1.59. The molecule has 0 bridgehead atoms. The fraction of sp³-hybridized carbons (Fsp3) is 0.611. The van der Waals surface area contributed by atoms with Crippen molar-refractivity contribution in [3.8, 4) is 0 Å². The summed E-state index contributed by atoms with van der Waals surface area (Å²) in [6.07, 6.45) is 1.45. The molecular weight excluding hydrogens is 290 g/mol. The van der Waals surface area contributed by atoms with Crippen molar-refractivity contribution in [2.45, 2.75) is 32.3 Å². The Morgan fingerprint density at radius 1 is 1.35 bits per heavy atom. The molecule has 1 aliphatic heterocycles. The van der Waals surface area contributed by atoms with E-state index in [-0.39, 0.29) is 5.91 Å². The molecule has 5 heteroatoms. The van der Waals surface area contributed by atoms with Crippen LogP contribution in [0, 0.1) is 6.92 Å². The van der Waals surface area contributed by atoms with E-state index in [1.165, 1.54) is 11.3 Å². The standard InChI is InChI=1S/C18H29N3O2/c1-4-21(16-8-6-5-7-15(16)2)14-13-20-17(22)18(23-3)9-11-19-12-10-18/h5-8,19H,4,9-14H2,1-3H3,(H,20,22). The van der Waals surface area contributed by atoms with Gasteiger partial charge in [0.05, 0.1) is 0 Å². The van der Waals surface area contributed by atoms with Crippen molar-refractivity contribution >= 4 is 11.6 Å². The highest BCUT2D eigenvalue weighted by molar-refractivity contribution is 5.85. The molecule has 1 heterocycles. The third kappa shape index (κ3) is 4.24. The molecule has 2 rings (SSSR count). The van der Waals surface area contributed by atoms with Crippen LogP contribution in [0.5, 0.6) is 0 Å². The number of hydrogen-bond acceptors (Lipinski definition) is 4. The van der Waals surface area contributed by atoms with Crippen molar-refractivity contribution in [3.63, 3.8) is 0 Å². The minimum atomic E-state index is -0.662. The number of anilines is 1. The van der Waals surface area contributed by atoms with Crippen molar-refractivity contribution in [3.05, 3.63) is 29.8 Å². The number of hydrogen-bond donors (Lipinski definition) is 2. The molecule has 5 nitrogen and oxygen atoms in total. The fourth-order valence-corrected chi connectivity index (χ4v) is 3.19. The highest BCUT2D eigenvalue weighted by Crippen LogP contribution is 2.22. The summed E-state index contributed by atoms with van der Waals surface area (Å²) in [6.45, 7) is 8.24. The van der Waals surface area contributed by atoms with Crippen molar-refractivity contribution in [2.75, 3.05) is 44.7 Å². The normalized spacial score (nSPS) is 16.8. The van der Waals surface area contributed by atoms with Crippen molar-refractivity contribution in [1.29, 1.82) is 0 Å². The Kier molecular flexibility index (Phi) is 6.42.